The smallest absolute Gasteiger partial charge is 0.236 e. The fourth-order valence-corrected chi connectivity index (χ4v) is 3.10. The van der Waals surface area contributed by atoms with Crippen molar-refractivity contribution in [1.82, 2.24) is 4.90 Å². The van der Waals surface area contributed by atoms with E-state index in [1.807, 2.05) is 48.5 Å². The molecule has 0 radical (unpaired) electrons. The van der Waals surface area contributed by atoms with Crippen molar-refractivity contribution in [2.24, 2.45) is 0 Å². The molecular formula is C20H22N2O2. The van der Waals surface area contributed by atoms with E-state index in [1.54, 1.807) is 16.8 Å². The zero-order chi connectivity index (χ0) is 16.9. The fraction of sp³-hybridized carbons (Fsp3) is 0.300. The van der Waals surface area contributed by atoms with Crippen molar-refractivity contribution in [2.45, 2.75) is 25.8 Å². The second-order valence-electron chi connectivity index (χ2n) is 6.19. The summed E-state index contributed by atoms with van der Waals surface area (Å²) in [5.74, 6) is -0.265. The molecule has 3 rings (SSSR count). The molecule has 0 unspecified atom stereocenters. The molecule has 1 aliphatic heterocycles. The van der Waals surface area contributed by atoms with Gasteiger partial charge in [0.2, 0.25) is 11.8 Å². The number of hydrogen-bond donors (Lipinski definition) is 0. The van der Waals surface area contributed by atoms with Gasteiger partial charge in [0.1, 0.15) is 6.42 Å². The summed E-state index contributed by atoms with van der Waals surface area (Å²) in [6.45, 7) is 1.20. The predicted octanol–water partition coefficient (Wildman–Crippen LogP) is 3.01. The molecule has 2 amide bonds. The Morgan fingerprint density at radius 1 is 1.04 bits per heavy atom. The van der Waals surface area contributed by atoms with Crippen molar-refractivity contribution >= 4 is 17.5 Å². The van der Waals surface area contributed by atoms with E-state index in [9.17, 15) is 9.59 Å². The number of anilines is 1. The minimum atomic E-state index is -0.146. The van der Waals surface area contributed by atoms with E-state index in [0.717, 1.165) is 24.1 Å². The van der Waals surface area contributed by atoms with E-state index < -0.39 is 0 Å². The zero-order valence-electron chi connectivity index (χ0n) is 13.9. The Morgan fingerprint density at radius 2 is 1.75 bits per heavy atom. The van der Waals surface area contributed by atoms with Gasteiger partial charge in [-0.15, -0.1) is 0 Å². The highest BCUT2D eigenvalue weighted by Crippen LogP contribution is 2.27. The molecule has 4 heteroatoms. The maximum atomic E-state index is 12.6. The summed E-state index contributed by atoms with van der Waals surface area (Å²) in [5, 5.41) is 0. The van der Waals surface area contributed by atoms with Crippen LogP contribution in [0.3, 0.4) is 0 Å². The number of nitrogens with zero attached hydrogens (tertiary/aromatic N) is 2. The molecule has 1 aliphatic rings. The van der Waals surface area contributed by atoms with E-state index >= 15 is 0 Å². The van der Waals surface area contributed by atoms with Crippen LogP contribution >= 0.6 is 0 Å². The van der Waals surface area contributed by atoms with Gasteiger partial charge in [0.05, 0.1) is 0 Å². The third kappa shape index (κ3) is 3.65. The van der Waals surface area contributed by atoms with Gasteiger partial charge in [0.25, 0.3) is 0 Å². The Morgan fingerprint density at radius 3 is 2.54 bits per heavy atom. The quantitative estimate of drug-likeness (QED) is 0.812. The van der Waals surface area contributed by atoms with E-state index in [0.29, 0.717) is 13.1 Å². The standard InChI is InChI=1S/C20H22N2O2/c1-21(15-16-8-3-2-4-9-16)19(23)14-20(24)22-13-7-11-17-10-5-6-12-18(17)22/h2-6,8-10,12H,7,11,13-15H2,1H3. The van der Waals surface area contributed by atoms with Crippen molar-refractivity contribution < 1.29 is 9.59 Å². The summed E-state index contributed by atoms with van der Waals surface area (Å²) in [7, 11) is 1.74. The first-order chi connectivity index (χ1) is 11.6. The molecule has 2 aromatic carbocycles. The van der Waals surface area contributed by atoms with Crippen molar-refractivity contribution in [3.63, 3.8) is 0 Å². The molecular weight excluding hydrogens is 300 g/mol. The van der Waals surface area contributed by atoms with Crippen LogP contribution in [0.15, 0.2) is 54.6 Å². The second-order valence-corrected chi connectivity index (χ2v) is 6.19. The zero-order valence-corrected chi connectivity index (χ0v) is 13.9. The van der Waals surface area contributed by atoms with E-state index in [-0.39, 0.29) is 18.2 Å². The van der Waals surface area contributed by atoms with E-state index in [4.69, 9.17) is 0 Å². The van der Waals surface area contributed by atoms with Gasteiger partial charge >= 0.3 is 0 Å². The van der Waals surface area contributed by atoms with Crippen LogP contribution in [-0.4, -0.2) is 30.3 Å². The highest BCUT2D eigenvalue weighted by Gasteiger charge is 2.24. The van der Waals surface area contributed by atoms with Crippen LogP contribution in [0.1, 0.15) is 24.0 Å². The van der Waals surface area contributed by atoms with Crippen LogP contribution in [-0.2, 0) is 22.6 Å². The Bertz CT molecular complexity index is 727. The Balaban J connectivity index is 1.63. The molecule has 0 saturated heterocycles. The summed E-state index contributed by atoms with van der Waals surface area (Å²) in [6, 6.07) is 17.7. The van der Waals surface area contributed by atoms with E-state index in [1.165, 1.54) is 5.56 Å². The third-order valence-corrected chi connectivity index (χ3v) is 4.40. The number of carbonyl (C=O) groups is 2. The molecule has 0 fully saturated rings. The van der Waals surface area contributed by atoms with Crippen LogP contribution in [0.2, 0.25) is 0 Å². The summed E-state index contributed by atoms with van der Waals surface area (Å²) < 4.78 is 0. The molecule has 0 atom stereocenters. The lowest BCUT2D eigenvalue weighted by Gasteiger charge is -2.30. The van der Waals surface area contributed by atoms with Crippen LogP contribution < -0.4 is 4.90 Å². The normalized spacial score (nSPS) is 13.3. The van der Waals surface area contributed by atoms with Crippen molar-refractivity contribution in [2.75, 3.05) is 18.5 Å². The molecule has 0 aromatic heterocycles. The fourth-order valence-electron chi connectivity index (χ4n) is 3.10. The molecule has 2 aromatic rings. The Hall–Kier alpha value is -2.62. The van der Waals surface area contributed by atoms with Crippen LogP contribution in [0.4, 0.5) is 5.69 Å². The lowest BCUT2D eigenvalue weighted by molar-refractivity contribution is -0.134. The maximum absolute atomic E-state index is 12.6. The van der Waals surface area contributed by atoms with Crippen molar-refractivity contribution in [1.29, 1.82) is 0 Å². The lowest BCUT2D eigenvalue weighted by atomic mass is 10.0. The average molecular weight is 322 g/mol. The van der Waals surface area contributed by atoms with Crippen LogP contribution in [0, 0.1) is 0 Å². The second kappa shape index (κ2) is 7.30. The summed E-state index contributed by atoms with van der Waals surface area (Å²) in [4.78, 5) is 28.4. The van der Waals surface area contributed by atoms with Gasteiger partial charge < -0.3 is 9.80 Å². The van der Waals surface area contributed by atoms with Crippen molar-refractivity contribution in [3.05, 3.63) is 65.7 Å². The first-order valence-corrected chi connectivity index (χ1v) is 8.31. The number of rotatable bonds is 4. The minimum absolute atomic E-state index is 0.0856. The molecule has 4 nitrogen and oxygen atoms in total. The highest BCUT2D eigenvalue weighted by molar-refractivity contribution is 6.05. The monoisotopic (exact) mass is 322 g/mol. The highest BCUT2D eigenvalue weighted by atomic mass is 16.2. The summed E-state index contributed by atoms with van der Waals surface area (Å²) >= 11 is 0. The van der Waals surface area contributed by atoms with Gasteiger partial charge in [0.15, 0.2) is 0 Å². The average Bonchev–Trinajstić information content (AvgIpc) is 2.62. The molecule has 24 heavy (non-hydrogen) atoms. The third-order valence-electron chi connectivity index (χ3n) is 4.40. The summed E-state index contributed by atoms with van der Waals surface area (Å²) in [6.07, 6.45) is 1.84. The first-order valence-electron chi connectivity index (χ1n) is 8.31. The number of benzene rings is 2. The van der Waals surface area contributed by atoms with Crippen LogP contribution in [0.5, 0.6) is 0 Å². The number of hydrogen-bond acceptors (Lipinski definition) is 2. The SMILES string of the molecule is CN(Cc1ccccc1)C(=O)CC(=O)N1CCCc2ccccc21. The van der Waals surface area contributed by atoms with Gasteiger partial charge in [-0.2, -0.15) is 0 Å². The molecule has 124 valence electrons. The molecule has 0 saturated carbocycles. The van der Waals surface area contributed by atoms with Gasteiger partial charge in [-0.05, 0) is 30.0 Å². The molecule has 1 heterocycles. The van der Waals surface area contributed by atoms with Gasteiger partial charge in [-0.25, -0.2) is 0 Å². The number of amides is 2. The number of aryl methyl sites for hydroxylation is 1. The number of fused-ring (bicyclic) bond motifs is 1. The van der Waals surface area contributed by atoms with E-state index in [2.05, 4.69) is 6.07 Å². The summed E-state index contributed by atoms with van der Waals surface area (Å²) in [5.41, 5.74) is 3.19. The van der Waals surface area contributed by atoms with Gasteiger partial charge in [-0.1, -0.05) is 48.5 Å². The predicted molar refractivity (Wildman–Crippen MR) is 94.6 cm³/mol. The number of carbonyl (C=O) groups excluding carboxylic acids is 2. The largest absolute Gasteiger partial charge is 0.341 e. The topological polar surface area (TPSA) is 40.6 Å². The first kappa shape index (κ1) is 16.2. The molecule has 0 aliphatic carbocycles. The molecule has 0 spiro atoms. The Kier molecular flexibility index (Phi) is 4.94. The number of para-hydroxylation sites is 1. The molecule has 0 N–H and O–H groups in total. The van der Waals surface area contributed by atoms with Crippen molar-refractivity contribution in [3.8, 4) is 0 Å². The maximum Gasteiger partial charge on any atom is 0.236 e. The minimum Gasteiger partial charge on any atom is -0.341 e. The van der Waals surface area contributed by atoms with Gasteiger partial charge in [0, 0.05) is 25.8 Å². The van der Waals surface area contributed by atoms with Crippen LogP contribution in [0.25, 0.3) is 0 Å². The lowest BCUT2D eigenvalue weighted by Crippen LogP contribution is -2.39. The van der Waals surface area contributed by atoms with Gasteiger partial charge in [-0.3, -0.25) is 9.59 Å². The Labute approximate surface area is 142 Å². The molecule has 0 bridgehead atoms.